The van der Waals surface area contributed by atoms with Crippen molar-refractivity contribution in [1.29, 1.82) is 0 Å². The number of aromatic nitrogens is 2. The lowest BCUT2D eigenvalue weighted by Crippen LogP contribution is -2.23. The van der Waals surface area contributed by atoms with Gasteiger partial charge >= 0.3 is 0 Å². The van der Waals surface area contributed by atoms with E-state index < -0.39 is 0 Å². The Kier molecular flexibility index (Phi) is 6.67. The number of benzene rings is 3. The fourth-order valence-electron chi connectivity index (χ4n) is 2.94. The molecule has 0 atom stereocenters. The van der Waals surface area contributed by atoms with Gasteiger partial charge in [0.25, 0.3) is 5.56 Å². The fraction of sp³-hybridized carbons (Fsp3) is 0.0455. The van der Waals surface area contributed by atoms with E-state index in [0.29, 0.717) is 37.5 Å². The second-order valence-electron chi connectivity index (χ2n) is 6.49. The van der Waals surface area contributed by atoms with Gasteiger partial charge in [0.15, 0.2) is 5.16 Å². The van der Waals surface area contributed by atoms with Gasteiger partial charge in [0.2, 0.25) is 5.91 Å². The lowest BCUT2D eigenvalue weighted by atomic mass is 10.2. The maximum atomic E-state index is 13.2. The normalized spacial score (nSPS) is 10.9. The van der Waals surface area contributed by atoms with Crippen molar-refractivity contribution in [2.45, 2.75) is 5.16 Å². The van der Waals surface area contributed by atoms with Crippen LogP contribution in [0.3, 0.4) is 0 Å². The Balaban J connectivity index is 1.67. The molecular weight excluding hydrogens is 521 g/mol. The van der Waals surface area contributed by atoms with Gasteiger partial charge in [0.05, 0.1) is 33.1 Å². The fourth-order valence-corrected chi connectivity index (χ4v) is 4.35. The number of thioether (sulfide) groups is 1. The first-order chi connectivity index (χ1) is 14.9. The first kappa shape index (κ1) is 21.9. The molecule has 0 unspecified atom stereocenters. The summed E-state index contributed by atoms with van der Waals surface area (Å²) < 4.78 is 2.41. The Bertz CT molecular complexity index is 1340. The number of fused-ring (bicyclic) bond motifs is 1. The molecule has 5 nitrogen and oxygen atoms in total. The molecule has 1 heterocycles. The van der Waals surface area contributed by atoms with Gasteiger partial charge < -0.3 is 5.32 Å². The van der Waals surface area contributed by atoms with Gasteiger partial charge in [0, 0.05) is 9.50 Å². The SMILES string of the molecule is O=C(CSc1nc2ccccc2c(=O)n1-c1ccc(Br)cc1)Nc1cc(Cl)ccc1Cl. The highest BCUT2D eigenvalue weighted by molar-refractivity contribution is 9.10. The summed E-state index contributed by atoms with van der Waals surface area (Å²) in [4.78, 5) is 30.4. The Morgan fingerprint density at radius 3 is 2.58 bits per heavy atom. The minimum Gasteiger partial charge on any atom is -0.324 e. The van der Waals surface area contributed by atoms with Crippen molar-refractivity contribution in [3.8, 4) is 5.69 Å². The zero-order chi connectivity index (χ0) is 22.0. The van der Waals surface area contributed by atoms with Crippen molar-refractivity contribution < 1.29 is 4.79 Å². The van der Waals surface area contributed by atoms with E-state index in [4.69, 9.17) is 23.2 Å². The molecule has 0 saturated heterocycles. The van der Waals surface area contributed by atoms with Crippen molar-refractivity contribution in [1.82, 2.24) is 9.55 Å². The van der Waals surface area contributed by atoms with Crippen LogP contribution in [-0.2, 0) is 4.79 Å². The van der Waals surface area contributed by atoms with Crippen LogP contribution in [0.4, 0.5) is 5.69 Å². The Morgan fingerprint density at radius 2 is 1.81 bits per heavy atom. The van der Waals surface area contributed by atoms with Gasteiger partial charge in [-0.05, 0) is 54.6 Å². The van der Waals surface area contributed by atoms with Gasteiger partial charge in [-0.3, -0.25) is 14.2 Å². The largest absolute Gasteiger partial charge is 0.324 e. The summed E-state index contributed by atoms with van der Waals surface area (Å²) in [6.07, 6.45) is 0. The minimum atomic E-state index is -0.293. The van der Waals surface area contributed by atoms with Crippen molar-refractivity contribution in [2.24, 2.45) is 0 Å². The molecule has 0 aliphatic carbocycles. The van der Waals surface area contributed by atoms with E-state index in [1.807, 2.05) is 30.3 Å². The van der Waals surface area contributed by atoms with Crippen molar-refractivity contribution in [2.75, 3.05) is 11.1 Å². The van der Waals surface area contributed by atoms with E-state index in [1.54, 1.807) is 36.4 Å². The van der Waals surface area contributed by atoms with Gasteiger partial charge in [-0.15, -0.1) is 0 Å². The highest BCUT2D eigenvalue weighted by Crippen LogP contribution is 2.27. The van der Waals surface area contributed by atoms with Crippen LogP contribution in [0.5, 0.6) is 0 Å². The van der Waals surface area contributed by atoms with E-state index in [9.17, 15) is 9.59 Å². The summed E-state index contributed by atoms with van der Waals surface area (Å²) in [5.74, 6) is -0.261. The Hall–Kier alpha value is -2.32. The van der Waals surface area contributed by atoms with Crippen LogP contribution in [0, 0.1) is 0 Å². The third kappa shape index (κ3) is 4.96. The smallest absolute Gasteiger partial charge is 0.266 e. The molecular formula is C22H14BrCl2N3O2S. The number of carbonyl (C=O) groups is 1. The third-order valence-corrected chi connectivity index (χ3v) is 6.40. The summed E-state index contributed by atoms with van der Waals surface area (Å²) in [7, 11) is 0. The zero-order valence-electron chi connectivity index (χ0n) is 15.8. The topological polar surface area (TPSA) is 64.0 Å². The number of carbonyl (C=O) groups excluding carboxylic acids is 1. The minimum absolute atomic E-state index is 0.0319. The van der Waals surface area contributed by atoms with Crippen molar-refractivity contribution >= 4 is 73.4 Å². The molecule has 0 aliphatic heterocycles. The second kappa shape index (κ2) is 9.44. The van der Waals surface area contributed by atoms with Crippen LogP contribution >= 0.6 is 50.9 Å². The first-order valence-electron chi connectivity index (χ1n) is 9.08. The molecule has 156 valence electrons. The Morgan fingerprint density at radius 1 is 1.06 bits per heavy atom. The van der Waals surface area contributed by atoms with E-state index in [2.05, 4.69) is 26.2 Å². The van der Waals surface area contributed by atoms with Crippen LogP contribution in [0.15, 0.2) is 81.2 Å². The van der Waals surface area contributed by atoms with E-state index in [1.165, 1.54) is 4.57 Å². The molecule has 0 bridgehead atoms. The number of amides is 1. The molecule has 4 aromatic rings. The molecule has 0 saturated carbocycles. The predicted octanol–water partition coefficient (Wildman–Crippen LogP) is 6.19. The lowest BCUT2D eigenvalue weighted by molar-refractivity contribution is -0.113. The van der Waals surface area contributed by atoms with Crippen molar-refractivity contribution in [3.05, 3.63) is 91.6 Å². The second-order valence-corrected chi connectivity index (χ2v) is 9.19. The highest BCUT2D eigenvalue weighted by atomic mass is 79.9. The number of para-hydroxylation sites is 1. The molecule has 1 amide bonds. The summed E-state index contributed by atoms with van der Waals surface area (Å²) >= 11 is 16.7. The lowest BCUT2D eigenvalue weighted by Gasteiger charge is -2.13. The number of hydrogen-bond acceptors (Lipinski definition) is 4. The van der Waals surface area contributed by atoms with Gasteiger partial charge in [-0.1, -0.05) is 63.0 Å². The van der Waals surface area contributed by atoms with Crippen LogP contribution < -0.4 is 10.9 Å². The van der Waals surface area contributed by atoms with Crippen molar-refractivity contribution in [3.63, 3.8) is 0 Å². The molecule has 31 heavy (non-hydrogen) atoms. The molecule has 0 radical (unpaired) electrons. The van der Waals surface area contributed by atoms with Crippen LogP contribution in [0.1, 0.15) is 0 Å². The molecule has 4 rings (SSSR count). The predicted molar refractivity (Wildman–Crippen MR) is 131 cm³/mol. The monoisotopic (exact) mass is 533 g/mol. The van der Waals surface area contributed by atoms with Gasteiger partial charge in [0.1, 0.15) is 0 Å². The molecule has 0 aliphatic rings. The number of rotatable bonds is 5. The summed E-state index contributed by atoms with van der Waals surface area (Å²) in [5, 5.41) is 4.51. The molecule has 1 N–H and O–H groups in total. The summed E-state index contributed by atoms with van der Waals surface area (Å²) in [6.45, 7) is 0. The number of nitrogens with one attached hydrogen (secondary N) is 1. The number of hydrogen-bond donors (Lipinski definition) is 1. The number of halogens is 3. The average molecular weight is 535 g/mol. The zero-order valence-corrected chi connectivity index (χ0v) is 19.7. The van der Waals surface area contributed by atoms with Crippen LogP contribution in [-0.4, -0.2) is 21.2 Å². The maximum absolute atomic E-state index is 13.2. The number of anilines is 1. The average Bonchev–Trinajstić information content (AvgIpc) is 2.76. The molecule has 0 spiro atoms. The summed E-state index contributed by atoms with van der Waals surface area (Å²) in [6, 6.07) is 19.3. The van der Waals surface area contributed by atoms with Gasteiger partial charge in [-0.25, -0.2) is 4.98 Å². The first-order valence-corrected chi connectivity index (χ1v) is 11.6. The standard InChI is InChI=1S/C22H14BrCl2N3O2S/c23-13-5-8-15(9-6-13)28-21(30)16-3-1-2-4-18(16)27-22(28)31-12-20(29)26-19-11-14(24)7-10-17(19)25/h1-11H,12H2,(H,26,29). The van der Waals surface area contributed by atoms with E-state index in [-0.39, 0.29) is 17.2 Å². The number of nitrogens with zero attached hydrogens (tertiary/aromatic N) is 2. The van der Waals surface area contributed by atoms with Crippen LogP contribution in [0.25, 0.3) is 16.6 Å². The molecule has 1 aromatic heterocycles. The highest BCUT2D eigenvalue weighted by Gasteiger charge is 2.15. The quantitative estimate of drug-likeness (QED) is 0.245. The van der Waals surface area contributed by atoms with E-state index in [0.717, 1.165) is 16.2 Å². The van der Waals surface area contributed by atoms with Gasteiger partial charge in [-0.2, -0.15) is 0 Å². The maximum Gasteiger partial charge on any atom is 0.266 e. The molecule has 3 aromatic carbocycles. The summed E-state index contributed by atoms with van der Waals surface area (Å²) in [5.41, 5.74) is 1.46. The molecule has 0 fully saturated rings. The van der Waals surface area contributed by atoms with E-state index >= 15 is 0 Å². The van der Waals surface area contributed by atoms with Crippen LogP contribution in [0.2, 0.25) is 10.0 Å². The third-order valence-electron chi connectivity index (χ3n) is 4.36. The molecule has 9 heteroatoms. The Labute approximate surface area is 200 Å².